The van der Waals surface area contributed by atoms with Crippen LogP contribution in [-0.4, -0.2) is 42.1 Å². The summed E-state index contributed by atoms with van der Waals surface area (Å²) in [7, 11) is -3.41. The van der Waals surface area contributed by atoms with Crippen molar-refractivity contribution < 1.29 is 13.6 Å². The largest absolute Gasteiger partial charge is 0.417 e. The fraction of sp³-hybridized carbons (Fsp3) is 1.00. The molecule has 5 heteroatoms. The maximum absolute atomic E-state index is 6.74. The Morgan fingerprint density at radius 1 is 0.920 bits per heavy atom. The van der Waals surface area contributed by atoms with Crippen LogP contribution in [0.4, 0.5) is 0 Å². The minimum absolute atomic E-state index is 0.255. The second kappa shape index (κ2) is 8.55. The summed E-state index contributed by atoms with van der Waals surface area (Å²) in [6, 6.07) is 0. The van der Waals surface area contributed by atoms with Gasteiger partial charge in [0.05, 0.1) is 12.7 Å². The molecule has 1 heterocycles. The van der Waals surface area contributed by atoms with Crippen LogP contribution in [0.5, 0.6) is 0 Å². The third-order valence-corrected chi connectivity index (χ3v) is 15.5. The number of hydrogen-bond acceptors (Lipinski definition) is 3. The van der Waals surface area contributed by atoms with Crippen LogP contribution in [0.15, 0.2) is 0 Å². The third-order valence-electron chi connectivity index (χ3n) is 6.43. The monoisotopic (exact) mass is 388 g/mol. The first kappa shape index (κ1) is 23.4. The van der Waals surface area contributed by atoms with Crippen LogP contribution in [0, 0.1) is 0 Å². The molecule has 0 amide bonds. The molecular formula is C20H44O3Si2. The van der Waals surface area contributed by atoms with Crippen LogP contribution in [0.1, 0.15) is 67.2 Å². The molecule has 25 heavy (non-hydrogen) atoms. The molecule has 1 aliphatic rings. The smallest absolute Gasteiger partial charge is 0.192 e. The predicted molar refractivity (Wildman–Crippen MR) is 113 cm³/mol. The zero-order valence-corrected chi connectivity index (χ0v) is 20.6. The van der Waals surface area contributed by atoms with Gasteiger partial charge in [-0.2, -0.15) is 0 Å². The van der Waals surface area contributed by atoms with E-state index in [9.17, 15) is 0 Å². The number of ether oxygens (including phenoxy) is 1. The van der Waals surface area contributed by atoms with Gasteiger partial charge in [0.1, 0.15) is 0 Å². The second-order valence-corrected chi connectivity index (χ2v) is 20.3. The Hall–Kier alpha value is 0.314. The normalized spacial score (nSPS) is 20.6. The lowest BCUT2D eigenvalue weighted by Crippen LogP contribution is -2.45. The van der Waals surface area contributed by atoms with Gasteiger partial charge in [-0.3, -0.25) is 0 Å². The Bertz CT molecular complexity index is 404. The van der Waals surface area contributed by atoms with Crippen molar-refractivity contribution in [1.29, 1.82) is 0 Å². The maximum Gasteiger partial charge on any atom is 0.192 e. The lowest BCUT2D eigenvalue weighted by atomic mass is 10.1. The third kappa shape index (κ3) is 7.83. The highest BCUT2D eigenvalue weighted by molar-refractivity contribution is 6.74. The molecule has 0 unspecified atom stereocenters. The second-order valence-electron chi connectivity index (χ2n) is 10.8. The van der Waals surface area contributed by atoms with Gasteiger partial charge in [0.15, 0.2) is 16.6 Å². The molecule has 150 valence electrons. The summed E-state index contributed by atoms with van der Waals surface area (Å²) in [5.74, 6) is 0. The Morgan fingerprint density at radius 2 is 1.44 bits per heavy atom. The van der Waals surface area contributed by atoms with E-state index in [1.807, 2.05) is 0 Å². The first-order valence-corrected chi connectivity index (χ1v) is 15.9. The van der Waals surface area contributed by atoms with Crippen LogP contribution in [0.2, 0.25) is 36.3 Å². The van der Waals surface area contributed by atoms with Gasteiger partial charge in [0.2, 0.25) is 0 Å². The molecule has 0 aromatic heterocycles. The lowest BCUT2D eigenvalue weighted by Gasteiger charge is -2.40. The van der Waals surface area contributed by atoms with E-state index in [1.165, 1.54) is 12.8 Å². The summed E-state index contributed by atoms with van der Waals surface area (Å²) in [4.78, 5) is 0. The minimum Gasteiger partial charge on any atom is -0.417 e. The Morgan fingerprint density at radius 3 is 1.88 bits per heavy atom. The Kier molecular flexibility index (Phi) is 7.99. The molecule has 0 N–H and O–H groups in total. The van der Waals surface area contributed by atoms with E-state index in [2.05, 4.69) is 67.7 Å². The van der Waals surface area contributed by atoms with Gasteiger partial charge >= 0.3 is 0 Å². The minimum atomic E-state index is -1.74. The Balaban J connectivity index is 2.57. The van der Waals surface area contributed by atoms with E-state index in [4.69, 9.17) is 13.6 Å². The molecule has 0 saturated carbocycles. The van der Waals surface area contributed by atoms with Crippen LogP contribution < -0.4 is 0 Å². The van der Waals surface area contributed by atoms with E-state index in [0.717, 1.165) is 26.1 Å². The van der Waals surface area contributed by atoms with Crippen molar-refractivity contribution in [3.8, 4) is 0 Å². The molecular weight excluding hydrogens is 344 g/mol. The highest BCUT2D eigenvalue weighted by Crippen LogP contribution is 2.39. The summed E-state index contributed by atoms with van der Waals surface area (Å²) in [6.07, 6.45) is 5.38. The van der Waals surface area contributed by atoms with Gasteiger partial charge in [-0.05, 0) is 61.9 Å². The first-order valence-electron chi connectivity index (χ1n) is 10.1. The number of hydrogen-bond donors (Lipinski definition) is 0. The average Bonchev–Trinajstić information content (AvgIpc) is 3.19. The highest BCUT2D eigenvalue weighted by atomic mass is 28.4. The van der Waals surface area contributed by atoms with E-state index in [1.54, 1.807) is 0 Å². The maximum atomic E-state index is 6.74. The van der Waals surface area contributed by atoms with Crippen LogP contribution in [-0.2, 0) is 13.6 Å². The highest BCUT2D eigenvalue weighted by Gasteiger charge is 2.40. The van der Waals surface area contributed by atoms with E-state index >= 15 is 0 Å². The molecule has 0 aromatic carbocycles. The zero-order chi connectivity index (χ0) is 19.5. The Labute approximate surface area is 159 Å². The van der Waals surface area contributed by atoms with Crippen LogP contribution in [0.25, 0.3) is 0 Å². The molecule has 0 spiro atoms. The van der Waals surface area contributed by atoms with Gasteiger partial charge in [0, 0.05) is 12.7 Å². The SMILES string of the molecule is CC(C)(C)[Si](C)(C)OCC[C@@H](CCC[C@H]1CO1)O[Si](C)(C)C(C)(C)C. The van der Waals surface area contributed by atoms with Gasteiger partial charge in [-0.1, -0.05) is 41.5 Å². The van der Waals surface area contributed by atoms with Crippen molar-refractivity contribution >= 4 is 16.6 Å². The summed E-state index contributed by atoms with van der Waals surface area (Å²) in [5.41, 5.74) is 0. The zero-order valence-electron chi connectivity index (χ0n) is 18.6. The molecule has 3 nitrogen and oxygen atoms in total. The van der Waals surface area contributed by atoms with Crippen LogP contribution in [0.3, 0.4) is 0 Å². The summed E-state index contributed by atoms with van der Waals surface area (Å²) in [6.45, 7) is 25.0. The van der Waals surface area contributed by atoms with Crippen molar-refractivity contribution in [2.45, 2.75) is 116 Å². The van der Waals surface area contributed by atoms with Gasteiger partial charge in [0.25, 0.3) is 0 Å². The molecule has 0 radical (unpaired) electrons. The van der Waals surface area contributed by atoms with Gasteiger partial charge in [-0.15, -0.1) is 0 Å². The fourth-order valence-electron chi connectivity index (χ4n) is 2.33. The van der Waals surface area contributed by atoms with Crippen molar-refractivity contribution in [1.82, 2.24) is 0 Å². The predicted octanol–water partition coefficient (Wildman–Crippen LogP) is 6.36. The van der Waals surface area contributed by atoms with E-state index in [0.29, 0.717) is 12.2 Å². The molecule has 2 atom stereocenters. The molecule has 0 bridgehead atoms. The van der Waals surface area contributed by atoms with E-state index in [-0.39, 0.29) is 10.1 Å². The molecule has 0 aromatic rings. The summed E-state index contributed by atoms with van der Waals surface area (Å²) < 4.78 is 18.5. The van der Waals surface area contributed by atoms with Gasteiger partial charge < -0.3 is 13.6 Å². The average molecular weight is 389 g/mol. The van der Waals surface area contributed by atoms with Crippen molar-refractivity contribution in [3.63, 3.8) is 0 Å². The fourth-order valence-corrected chi connectivity index (χ4v) is 4.81. The molecule has 1 rings (SSSR count). The summed E-state index contributed by atoms with van der Waals surface area (Å²) >= 11 is 0. The van der Waals surface area contributed by atoms with Crippen molar-refractivity contribution in [3.05, 3.63) is 0 Å². The topological polar surface area (TPSA) is 31.0 Å². The first-order chi connectivity index (χ1) is 11.2. The van der Waals surface area contributed by atoms with Crippen molar-refractivity contribution in [2.75, 3.05) is 13.2 Å². The molecule has 0 aliphatic carbocycles. The van der Waals surface area contributed by atoms with Gasteiger partial charge in [-0.25, -0.2) is 0 Å². The van der Waals surface area contributed by atoms with E-state index < -0.39 is 16.6 Å². The number of rotatable bonds is 10. The lowest BCUT2D eigenvalue weighted by molar-refractivity contribution is 0.130. The molecule has 1 aliphatic heterocycles. The molecule has 1 fully saturated rings. The molecule has 1 saturated heterocycles. The number of epoxide rings is 1. The summed E-state index contributed by atoms with van der Waals surface area (Å²) in [5, 5.41) is 0.525. The van der Waals surface area contributed by atoms with Crippen LogP contribution >= 0.6 is 0 Å². The standard InChI is InChI=1S/C20H44O3Si2/c1-19(2,3)24(7,8)22-15-14-17(12-11-13-18-16-21-18)23-25(9,10)20(4,5)6/h17-18H,11-16H2,1-10H3/t17-,18+/m1/s1. The van der Waals surface area contributed by atoms with Crippen molar-refractivity contribution in [2.24, 2.45) is 0 Å². The quantitative estimate of drug-likeness (QED) is 0.322.